The minimum Gasteiger partial charge on any atom is -0.483 e. The van der Waals surface area contributed by atoms with Crippen LogP contribution in [0.5, 0.6) is 5.75 Å². The fourth-order valence-electron chi connectivity index (χ4n) is 3.21. The largest absolute Gasteiger partial charge is 0.483 e. The molecule has 0 saturated heterocycles. The lowest BCUT2D eigenvalue weighted by Gasteiger charge is -2.29. The predicted octanol–water partition coefficient (Wildman–Crippen LogP) is 5.60. The Hall–Kier alpha value is -2.41. The second-order valence-corrected chi connectivity index (χ2v) is 10.0. The Labute approximate surface area is 204 Å². The van der Waals surface area contributed by atoms with Crippen LogP contribution < -0.4 is 10.1 Å². The number of hydrogen-bond donors (Lipinski definition) is 1. The number of halogens is 2. The molecule has 1 N–H and O–H groups in total. The minimum atomic E-state index is -0.699. The van der Waals surface area contributed by atoms with Crippen LogP contribution >= 0.6 is 15.9 Å². The van der Waals surface area contributed by atoms with E-state index in [0.717, 1.165) is 28.4 Å². The summed E-state index contributed by atoms with van der Waals surface area (Å²) in [6, 6.07) is 11.0. The molecule has 0 saturated carbocycles. The summed E-state index contributed by atoms with van der Waals surface area (Å²) >= 11 is 3.53. The number of benzene rings is 2. The summed E-state index contributed by atoms with van der Waals surface area (Å²) in [7, 11) is 0. The lowest BCUT2D eigenvalue weighted by atomic mass is 9.87. The van der Waals surface area contributed by atoms with Crippen molar-refractivity contribution >= 4 is 27.7 Å². The van der Waals surface area contributed by atoms with Crippen LogP contribution in [0.4, 0.5) is 4.39 Å². The Morgan fingerprint density at radius 3 is 2.39 bits per heavy atom. The van der Waals surface area contributed by atoms with Crippen LogP contribution in [0, 0.1) is 5.82 Å². The van der Waals surface area contributed by atoms with E-state index in [1.54, 1.807) is 19.1 Å². The van der Waals surface area contributed by atoms with Crippen molar-refractivity contribution in [3.05, 3.63) is 63.9 Å². The molecule has 33 heavy (non-hydrogen) atoms. The van der Waals surface area contributed by atoms with Crippen LogP contribution in [0.25, 0.3) is 0 Å². The van der Waals surface area contributed by atoms with E-state index < -0.39 is 6.04 Å². The maximum Gasteiger partial charge on any atom is 0.261 e. The fourth-order valence-corrected chi connectivity index (χ4v) is 3.71. The normalized spacial score (nSPS) is 12.2. The van der Waals surface area contributed by atoms with Gasteiger partial charge in [0.2, 0.25) is 5.91 Å². The molecule has 0 heterocycles. The van der Waals surface area contributed by atoms with E-state index in [1.807, 2.05) is 25.1 Å². The van der Waals surface area contributed by atoms with Crippen LogP contribution in [0.2, 0.25) is 0 Å². The average molecular weight is 521 g/mol. The second kappa shape index (κ2) is 12.2. The van der Waals surface area contributed by atoms with Crippen LogP contribution in [0.1, 0.15) is 58.6 Å². The number of ether oxygens (including phenoxy) is 1. The van der Waals surface area contributed by atoms with Crippen LogP contribution in [0.3, 0.4) is 0 Å². The standard InChI is InChI=1S/C26H34BrFN2O3/c1-6-7-14-29-25(32)18(2)30(16-19-8-11-21(28)12-9-19)24(31)17-33-23-13-10-20(15-22(23)27)26(3,4)5/h8-13,15,18H,6-7,14,16-17H2,1-5H3,(H,29,32). The van der Waals surface area contributed by atoms with Crippen molar-refractivity contribution in [2.24, 2.45) is 0 Å². The molecule has 0 bridgehead atoms. The molecular weight excluding hydrogens is 487 g/mol. The Morgan fingerprint density at radius 2 is 1.82 bits per heavy atom. The number of carbonyl (C=O) groups is 2. The van der Waals surface area contributed by atoms with Crippen molar-refractivity contribution in [2.45, 2.75) is 65.5 Å². The van der Waals surface area contributed by atoms with Gasteiger partial charge in [0, 0.05) is 13.1 Å². The van der Waals surface area contributed by atoms with Gasteiger partial charge in [-0.15, -0.1) is 0 Å². The number of carbonyl (C=O) groups excluding carboxylic acids is 2. The third kappa shape index (κ3) is 8.14. The third-order valence-electron chi connectivity index (χ3n) is 5.41. The number of nitrogens with one attached hydrogen (secondary N) is 1. The zero-order chi connectivity index (χ0) is 24.6. The van der Waals surface area contributed by atoms with Gasteiger partial charge >= 0.3 is 0 Å². The van der Waals surface area contributed by atoms with E-state index in [1.165, 1.54) is 17.0 Å². The highest BCUT2D eigenvalue weighted by Crippen LogP contribution is 2.31. The minimum absolute atomic E-state index is 0.0105. The van der Waals surface area contributed by atoms with Crippen molar-refractivity contribution < 1.29 is 18.7 Å². The predicted molar refractivity (Wildman–Crippen MR) is 133 cm³/mol. The topological polar surface area (TPSA) is 58.6 Å². The number of nitrogens with zero attached hydrogens (tertiary/aromatic N) is 1. The number of hydrogen-bond acceptors (Lipinski definition) is 3. The summed E-state index contributed by atoms with van der Waals surface area (Å²) in [6.07, 6.45) is 1.83. The molecule has 0 fully saturated rings. The molecule has 1 unspecified atom stereocenters. The van der Waals surface area contributed by atoms with E-state index >= 15 is 0 Å². The van der Waals surface area contributed by atoms with Gasteiger partial charge in [0.05, 0.1) is 4.47 Å². The van der Waals surface area contributed by atoms with Gasteiger partial charge in [0.25, 0.3) is 5.91 Å². The van der Waals surface area contributed by atoms with Crippen LogP contribution in [-0.2, 0) is 21.5 Å². The van der Waals surface area contributed by atoms with Gasteiger partial charge in [0.1, 0.15) is 17.6 Å². The molecule has 2 rings (SSSR count). The highest BCUT2D eigenvalue weighted by molar-refractivity contribution is 9.10. The molecule has 0 aromatic heterocycles. The monoisotopic (exact) mass is 520 g/mol. The van der Waals surface area contributed by atoms with Gasteiger partial charge in [-0.05, 0) is 70.1 Å². The number of amides is 2. The molecule has 2 aromatic rings. The first-order valence-electron chi connectivity index (χ1n) is 11.3. The highest BCUT2D eigenvalue weighted by atomic mass is 79.9. The maximum atomic E-state index is 13.3. The van der Waals surface area contributed by atoms with Gasteiger partial charge in [-0.25, -0.2) is 4.39 Å². The Balaban J connectivity index is 2.15. The Kier molecular flexibility index (Phi) is 9.89. The van der Waals surface area contributed by atoms with E-state index in [-0.39, 0.29) is 36.2 Å². The lowest BCUT2D eigenvalue weighted by Crippen LogP contribution is -2.49. The molecule has 0 aliphatic rings. The summed E-state index contributed by atoms with van der Waals surface area (Å²) in [6.45, 7) is 10.6. The Morgan fingerprint density at radius 1 is 1.15 bits per heavy atom. The molecule has 5 nitrogen and oxygen atoms in total. The van der Waals surface area contributed by atoms with Gasteiger partial charge in [-0.3, -0.25) is 9.59 Å². The van der Waals surface area contributed by atoms with E-state index in [9.17, 15) is 14.0 Å². The summed E-state index contributed by atoms with van der Waals surface area (Å²) in [5.41, 5.74) is 1.86. The lowest BCUT2D eigenvalue weighted by molar-refractivity contribution is -0.142. The van der Waals surface area contributed by atoms with Crippen molar-refractivity contribution in [3.63, 3.8) is 0 Å². The maximum absolute atomic E-state index is 13.3. The van der Waals surface area contributed by atoms with Crippen LogP contribution in [-0.4, -0.2) is 35.9 Å². The number of rotatable bonds is 10. The molecule has 0 aliphatic carbocycles. The summed E-state index contributed by atoms with van der Waals surface area (Å²) in [5.74, 6) is -0.356. The van der Waals surface area contributed by atoms with E-state index in [2.05, 4.69) is 42.0 Å². The van der Waals surface area contributed by atoms with Crippen molar-refractivity contribution in [3.8, 4) is 5.75 Å². The van der Waals surface area contributed by atoms with Crippen molar-refractivity contribution in [2.75, 3.05) is 13.2 Å². The van der Waals surface area contributed by atoms with Gasteiger partial charge in [-0.2, -0.15) is 0 Å². The zero-order valence-electron chi connectivity index (χ0n) is 20.1. The van der Waals surface area contributed by atoms with Gasteiger partial charge in [-0.1, -0.05) is 52.3 Å². The Bertz CT molecular complexity index is 942. The molecule has 0 aliphatic heterocycles. The van der Waals surface area contributed by atoms with E-state index in [0.29, 0.717) is 12.3 Å². The average Bonchev–Trinajstić information content (AvgIpc) is 2.76. The summed E-state index contributed by atoms with van der Waals surface area (Å²) in [4.78, 5) is 27.3. The first-order valence-corrected chi connectivity index (χ1v) is 12.1. The molecule has 0 spiro atoms. The third-order valence-corrected chi connectivity index (χ3v) is 6.03. The first-order chi connectivity index (χ1) is 15.5. The molecule has 1 atom stereocenters. The fraction of sp³-hybridized carbons (Fsp3) is 0.462. The SMILES string of the molecule is CCCCNC(=O)C(C)N(Cc1ccc(F)cc1)C(=O)COc1ccc(C(C)(C)C)cc1Br. The molecule has 7 heteroatoms. The number of unbranched alkanes of at least 4 members (excludes halogenated alkanes) is 1. The van der Waals surface area contributed by atoms with E-state index in [4.69, 9.17) is 4.74 Å². The van der Waals surface area contributed by atoms with Gasteiger partial charge < -0.3 is 15.0 Å². The highest BCUT2D eigenvalue weighted by Gasteiger charge is 2.26. The molecule has 2 aromatic carbocycles. The smallest absolute Gasteiger partial charge is 0.261 e. The first kappa shape index (κ1) is 26.8. The second-order valence-electron chi connectivity index (χ2n) is 9.15. The summed E-state index contributed by atoms with van der Waals surface area (Å²) < 4.78 is 19.9. The van der Waals surface area contributed by atoms with Crippen molar-refractivity contribution in [1.82, 2.24) is 10.2 Å². The molecule has 180 valence electrons. The quantitative estimate of drug-likeness (QED) is 0.415. The zero-order valence-corrected chi connectivity index (χ0v) is 21.7. The van der Waals surface area contributed by atoms with Crippen molar-refractivity contribution in [1.29, 1.82) is 0 Å². The van der Waals surface area contributed by atoms with Crippen LogP contribution in [0.15, 0.2) is 46.9 Å². The van der Waals surface area contributed by atoms with Gasteiger partial charge in [0.15, 0.2) is 6.61 Å². The molecular formula is C26H34BrFN2O3. The molecule has 2 amide bonds. The molecule has 0 radical (unpaired) electrons. The summed E-state index contributed by atoms with van der Waals surface area (Å²) in [5, 5.41) is 2.88.